The van der Waals surface area contributed by atoms with E-state index in [-0.39, 0.29) is 0 Å². The lowest BCUT2D eigenvalue weighted by Crippen LogP contribution is -2.18. The molecule has 0 amide bonds. The Kier molecular flexibility index (Phi) is 7.94. The maximum absolute atomic E-state index is 9.10. The van der Waals surface area contributed by atoms with E-state index in [9.17, 15) is 0 Å². The number of rotatable bonds is 5. The highest BCUT2D eigenvalue weighted by atomic mass is 16.4. The first-order valence-corrected chi connectivity index (χ1v) is 10.5. The number of carbonyl (C=O) groups is 2. The summed E-state index contributed by atoms with van der Waals surface area (Å²) in [5.41, 5.74) is 6.62. The van der Waals surface area contributed by atoms with Crippen molar-refractivity contribution in [3.05, 3.63) is 89.8 Å². The Morgan fingerprint density at radius 1 is 1.00 bits per heavy atom. The zero-order valence-electron chi connectivity index (χ0n) is 18.0. The summed E-state index contributed by atoms with van der Waals surface area (Å²) in [6.07, 6.45) is 7.87. The fourth-order valence-corrected chi connectivity index (χ4v) is 3.69. The fraction of sp³-hybridized carbons (Fsp3) is 0.240. The number of carboxylic acids is 2. The molecule has 0 saturated carbocycles. The van der Waals surface area contributed by atoms with Crippen LogP contribution in [0, 0.1) is 0 Å². The molecule has 4 rings (SSSR count). The summed E-state index contributed by atoms with van der Waals surface area (Å²) >= 11 is 0. The lowest BCUT2D eigenvalue weighted by Gasteiger charge is -2.19. The van der Waals surface area contributed by atoms with Gasteiger partial charge in [-0.3, -0.25) is 4.90 Å². The van der Waals surface area contributed by atoms with E-state index in [2.05, 4.69) is 82.4 Å². The minimum atomic E-state index is -1.82. The van der Waals surface area contributed by atoms with E-state index >= 15 is 0 Å². The third-order valence-electron chi connectivity index (χ3n) is 5.20. The molecule has 7 nitrogen and oxygen atoms in total. The lowest BCUT2D eigenvalue weighted by molar-refractivity contribution is -0.159. The van der Waals surface area contributed by atoms with Crippen molar-refractivity contribution in [3.63, 3.8) is 0 Å². The number of allylic oxidation sites excluding steroid dienone is 1. The zero-order chi connectivity index (χ0) is 22.9. The first-order valence-electron chi connectivity index (χ1n) is 10.5. The van der Waals surface area contributed by atoms with E-state index in [1.54, 1.807) is 0 Å². The van der Waals surface area contributed by atoms with Gasteiger partial charge in [0.05, 0.1) is 17.6 Å². The van der Waals surface area contributed by atoms with Crippen molar-refractivity contribution < 1.29 is 19.8 Å². The molecule has 0 fully saturated rings. The molecule has 1 aliphatic rings. The number of hydrogen-bond acceptors (Lipinski definition) is 4. The second kappa shape index (κ2) is 11.1. The highest BCUT2D eigenvalue weighted by Gasteiger charge is 2.19. The van der Waals surface area contributed by atoms with Gasteiger partial charge in [-0.1, -0.05) is 54.6 Å². The highest BCUT2D eigenvalue weighted by Crippen LogP contribution is 2.31. The van der Waals surface area contributed by atoms with Gasteiger partial charge < -0.3 is 10.2 Å². The zero-order valence-corrected chi connectivity index (χ0v) is 18.0. The van der Waals surface area contributed by atoms with E-state index in [4.69, 9.17) is 19.8 Å². The van der Waals surface area contributed by atoms with Crippen LogP contribution < -0.4 is 0 Å². The summed E-state index contributed by atoms with van der Waals surface area (Å²) < 4.78 is 2.11. The van der Waals surface area contributed by atoms with Gasteiger partial charge in [-0.15, -0.1) is 0 Å². The quantitative estimate of drug-likeness (QED) is 0.593. The average molecular weight is 434 g/mol. The second-order valence-electron chi connectivity index (χ2n) is 7.63. The van der Waals surface area contributed by atoms with E-state index in [1.165, 1.54) is 28.8 Å². The van der Waals surface area contributed by atoms with Gasteiger partial charge in [-0.05, 0) is 49.6 Å². The van der Waals surface area contributed by atoms with Crippen LogP contribution in [0.1, 0.15) is 29.7 Å². The number of hydrogen-bond donors (Lipinski definition) is 2. The van der Waals surface area contributed by atoms with Gasteiger partial charge in [0.2, 0.25) is 0 Å². The Labute approximate surface area is 187 Å². The molecule has 0 aliphatic heterocycles. The number of aliphatic carboxylic acids is 2. The lowest BCUT2D eigenvalue weighted by atomic mass is 9.92. The largest absolute Gasteiger partial charge is 0.473 e. The van der Waals surface area contributed by atoms with Gasteiger partial charge >= 0.3 is 11.9 Å². The van der Waals surface area contributed by atoms with Gasteiger partial charge in [-0.2, -0.15) is 5.10 Å². The molecule has 2 aromatic carbocycles. The Balaban J connectivity index is 0.000000427. The van der Waals surface area contributed by atoms with Crippen LogP contribution in [0.5, 0.6) is 0 Å². The number of fused-ring (bicyclic) bond motifs is 1. The smallest absolute Gasteiger partial charge is 0.414 e. The molecule has 1 heterocycles. The Morgan fingerprint density at radius 3 is 2.25 bits per heavy atom. The maximum atomic E-state index is 9.10. The number of benzene rings is 2. The predicted molar refractivity (Wildman–Crippen MR) is 123 cm³/mol. The molecule has 0 unspecified atom stereocenters. The van der Waals surface area contributed by atoms with Gasteiger partial charge in [0, 0.05) is 18.7 Å². The van der Waals surface area contributed by atoms with Gasteiger partial charge in [0.1, 0.15) is 0 Å². The van der Waals surface area contributed by atoms with Crippen LogP contribution in [0.15, 0.2) is 72.9 Å². The SMILES string of the molecule is CN(CC=C1CCCc2c1cnn2-c1ccccc1)Cc1ccccc1.O=C(O)C(=O)O. The first kappa shape index (κ1) is 23.0. The third kappa shape index (κ3) is 6.15. The molecule has 2 N–H and O–H groups in total. The standard InChI is InChI=1S/C23H25N3.C2H2O4/c1-25(18-19-9-4-2-5-10-19)16-15-20-11-8-14-23-22(20)17-24-26(23)21-12-6-3-7-13-21;3-1(4)2(5)6/h2-7,9-10,12-13,15,17H,8,11,14,16,18H2,1H3;(H,3,4)(H,5,6). The second-order valence-corrected chi connectivity index (χ2v) is 7.63. The fourth-order valence-electron chi connectivity index (χ4n) is 3.69. The number of para-hydroxylation sites is 1. The van der Waals surface area contributed by atoms with E-state index in [0.717, 1.165) is 31.6 Å². The maximum Gasteiger partial charge on any atom is 0.414 e. The van der Waals surface area contributed by atoms with Gasteiger partial charge in [0.15, 0.2) is 0 Å². The van der Waals surface area contributed by atoms with Crippen LogP contribution in [-0.4, -0.2) is 50.4 Å². The topological polar surface area (TPSA) is 95.7 Å². The molecule has 32 heavy (non-hydrogen) atoms. The van der Waals surface area contributed by atoms with Crippen molar-refractivity contribution in [1.29, 1.82) is 0 Å². The van der Waals surface area contributed by atoms with Crippen molar-refractivity contribution >= 4 is 17.5 Å². The van der Waals surface area contributed by atoms with Crippen LogP contribution >= 0.6 is 0 Å². The number of carboxylic acid groups (broad SMARTS) is 2. The molecule has 0 atom stereocenters. The molecular formula is C25H27N3O4. The number of likely N-dealkylation sites (N-methyl/N-ethyl adjacent to an activating group) is 1. The highest BCUT2D eigenvalue weighted by molar-refractivity contribution is 6.27. The molecule has 7 heteroatoms. The molecule has 3 aromatic rings. The molecule has 0 saturated heterocycles. The summed E-state index contributed by atoms with van der Waals surface area (Å²) in [7, 11) is 2.18. The summed E-state index contributed by atoms with van der Waals surface area (Å²) in [4.78, 5) is 20.6. The summed E-state index contributed by atoms with van der Waals surface area (Å²) in [5.74, 6) is -3.65. The minimum absolute atomic E-state index is 0.959. The van der Waals surface area contributed by atoms with E-state index < -0.39 is 11.9 Å². The van der Waals surface area contributed by atoms with Crippen LogP contribution in [-0.2, 0) is 22.6 Å². The number of nitrogens with zero attached hydrogens (tertiary/aromatic N) is 3. The molecule has 0 spiro atoms. The third-order valence-corrected chi connectivity index (χ3v) is 5.20. The van der Waals surface area contributed by atoms with E-state index in [1.807, 2.05) is 12.3 Å². The van der Waals surface area contributed by atoms with Crippen LogP contribution in [0.25, 0.3) is 11.3 Å². The average Bonchev–Trinajstić information content (AvgIpc) is 3.24. The van der Waals surface area contributed by atoms with Crippen molar-refractivity contribution in [2.24, 2.45) is 0 Å². The van der Waals surface area contributed by atoms with Gasteiger partial charge in [-0.25, -0.2) is 14.3 Å². The monoisotopic (exact) mass is 433 g/mol. The predicted octanol–water partition coefficient (Wildman–Crippen LogP) is 3.88. The Bertz CT molecular complexity index is 1060. The summed E-state index contributed by atoms with van der Waals surface area (Å²) in [5, 5.41) is 19.5. The normalized spacial score (nSPS) is 13.9. The van der Waals surface area contributed by atoms with Crippen molar-refractivity contribution in [1.82, 2.24) is 14.7 Å². The first-order chi connectivity index (χ1) is 15.5. The summed E-state index contributed by atoms with van der Waals surface area (Å²) in [6, 6.07) is 21.1. The molecule has 1 aromatic heterocycles. The van der Waals surface area contributed by atoms with Gasteiger partial charge in [0.25, 0.3) is 0 Å². The molecular weight excluding hydrogens is 406 g/mol. The van der Waals surface area contributed by atoms with Crippen LogP contribution in [0.4, 0.5) is 0 Å². The Morgan fingerprint density at radius 2 is 1.62 bits per heavy atom. The molecule has 166 valence electrons. The number of aromatic nitrogens is 2. The Hall–Kier alpha value is -3.71. The summed E-state index contributed by atoms with van der Waals surface area (Å²) in [6.45, 7) is 1.93. The van der Waals surface area contributed by atoms with Crippen LogP contribution in [0.2, 0.25) is 0 Å². The van der Waals surface area contributed by atoms with Crippen molar-refractivity contribution in [2.45, 2.75) is 25.8 Å². The minimum Gasteiger partial charge on any atom is -0.473 e. The van der Waals surface area contributed by atoms with E-state index in [0.29, 0.717) is 0 Å². The molecule has 1 aliphatic carbocycles. The van der Waals surface area contributed by atoms with Crippen molar-refractivity contribution in [3.8, 4) is 5.69 Å². The molecule has 0 bridgehead atoms. The van der Waals surface area contributed by atoms with Crippen LogP contribution in [0.3, 0.4) is 0 Å². The van der Waals surface area contributed by atoms with Crippen molar-refractivity contribution in [2.75, 3.05) is 13.6 Å². The molecule has 0 radical (unpaired) electrons.